The molecule has 1 atom stereocenters. The number of hydrogen-bond acceptors (Lipinski definition) is 3. The molecule has 0 aromatic heterocycles. The molecule has 1 aliphatic heterocycles. The Morgan fingerprint density at radius 3 is 2.43 bits per heavy atom. The summed E-state index contributed by atoms with van der Waals surface area (Å²) >= 11 is 0. The van der Waals surface area contributed by atoms with Crippen molar-refractivity contribution in [1.29, 1.82) is 0 Å². The fraction of sp³-hybridized carbons (Fsp3) is 0.500. The number of nitrogens with zero attached hydrogens (tertiary/aromatic N) is 1. The largest absolute Gasteiger partial charge is 0.469 e. The summed E-state index contributed by atoms with van der Waals surface area (Å²) in [6.07, 6.45) is 2.79. The Hall–Kier alpha value is -2.04. The van der Waals surface area contributed by atoms with E-state index in [1.807, 2.05) is 36.1 Å². The molecule has 5 nitrogen and oxygen atoms in total. The molecule has 5 heteroatoms. The number of likely N-dealkylation sites (tertiary alicyclic amines) is 1. The van der Waals surface area contributed by atoms with Crippen LogP contribution in [0.3, 0.4) is 0 Å². The first-order valence-corrected chi connectivity index (χ1v) is 7.33. The average molecular weight is 290 g/mol. The van der Waals surface area contributed by atoms with Gasteiger partial charge in [-0.1, -0.05) is 19.1 Å². The molecule has 1 aromatic carbocycles. The van der Waals surface area contributed by atoms with Gasteiger partial charge in [0, 0.05) is 18.8 Å². The van der Waals surface area contributed by atoms with Crippen molar-refractivity contribution in [3.8, 4) is 0 Å². The second-order valence-corrected chi connectivity index (χ2v) is 5.45. The highest BCUT2D eigenvalue weighted by Gasteiger charge is 2.18. The molecule has 0 bridgehead atoms. The summed E-state index contributed by atoms with van der Waals surface area (Å²) in [4.78, 5) is 25.2. The smallest absolute Gasteiger partial charge is 0.321 e. The molecule has 1 fully saturated rings. The summed E-state index contributed by atoms with van der Waals surface area (Å²) in [5.41, 5.74) is 1.83. The van der Waals surface area contributed by atoms with Crippen LogP contribution in [0.4, 0.5) is 10.5 Å². The van der Waals surface area contributed by atoms with E-state index in [0.29, 0.717) is 6.42 Å². The molecule has 114 valence electrons. The van der Waals surface area contributed by atoms with Gasteiger partial charge in [0.15, 0.2) is 0 Å². The number of ether oxygens (including phenoxy) is 1. The fourth-order valence-corrected chi connectivity index (χ4v) is 2.48. The Kier molecular flexibility index (Phi) is 5.20. The molecule has 1 aromatic rings. The van der Waals surface area contributed by atoms with Crippen LogP contribution in [0.15, 0.2) is 24.3 Å². The van der Waals surface area contributed by atoms with Crippen molar-refractivity contribution < 1.29 is 14.3 Å². The normalized spacial score (nSPS) is 15.6. The molecule has 0 unspecified atom stereocenters. The third-order valence-electron chi connectivity index (χ3n) is 3.74. The summed E-state index contributed by atoms with van der Waals surface area (Å²) < 4.78 is 4.72. The maximum Gasteiger partial charge on any atom is 0.321 e. The average Bonchev–Trinajstić information content (AvgIpc) is 3.02. The van der Waals surface area contributed by atoms with E-state index >= 15 is 0 Å². The Morgan fingerprint density at radius 2 is 1.86 bits per heavy atom. The highest BCUT2D eigenvalue weighted by molar-refractivity contribution is 5.89. The number of hydrogen-bond donors (Lipinski definition) is 1. The molecule has 21 heavy (non-hydrogen) atoms. The molecule has 1 N–H and O–H groups in total. The van der Waals surface area contributed by atoms with Crippen molar-refractivity contribution in [1.82, 2.24) is 4.90 Å². The minimum absolute atomic E-state index is 0.0387. The predicted octanol–water partition coefficient (Wildman–Crippen LogP) is 2.67. The molecule has 0 radical (unpaired) electrons. The number of carbonyl (C=O) groups excluding carboxylic acids is 2. The van der Waals surface area contributed by atoms with Crippen LogP contribution < -0.4 is 5.32 Å². The molecule has 1 saturated heterocycles. The molecule has 1 heterocycles. The number of nitrogens with one attached hydrogen (secondary N) is 1. The quantitative estimate of drug-likeness (QED) is 0.867. The van der Waals surface area contributed by atoms with Crippen LogP contribution in [0.5, 0.6) is 0 Å². The maximum atomic E-state index is 12.0. The summed E-state index contributed by atoms with van der Waals surface area (Å²) in [7, 11) is 1.40. The van der Waals surface area contributed by atoms with Crippen LogP contribution >= 0.6 is 0 Å². The molecule has 0 aliphatic carbocycles. The van der Waals surface area contributed by atoms with Gasteiger partial charge >= 0.3 is 12.0 Å². The molecule has 2 rings (SSSR count). The number of amides is 2. The highest BCUT2D eigenvalue weighted by atomic mass is 16.5. The SMILES string of the molecule is COC(=O)[C@H](C)Cc1ccc(NC(=O)N2CCCC2)cc1. The van der Waals surface area contributed by atoms with Gasteiger partial charge in [0.2, 0.25) is 0 Å². The highest BCUT2D eigenvalue weighted by Crippen LogP contribution is 2.16. The first kappa shape index (κ1) is 15.4. The molecular weight excluding hydrogens is 268 g/mol. The standard InChI is InChI=1S/C16H22N2O3/c1-12(15(19)21-2)11-13-5-7-14(8-6-13)17-16(20)18-9-3-4-10-18/h5-8,12H,3-4,9-11H2,1-2H3,(H,17,20)/t12-/m1/s1. The second kappa shape index (κ2) is 7.11. The summed E-state index contributed by atoms with van der Waals surface area (Å²) in [5.74, 6) is -0.374. The van der Waals surface area contributed by atoms with Gasteiger partial charge in [-0.25, -0.2) is 4.79 Å². The number of carbonyl (C=O) groups is 2. The zero-order chi connectivity index (χ0) is 15.2. The van der Waals surface area contributed by atoms with E-state index in [0.717, 1.165) is 37.2 Å². The topological polar surface area (TPSA) is 58.6 Å². The lowest BCUT2D eigenvalue weighted by atomic mass is 10.0. The van der Waals surface area contributed by atoms with Crippen LogP contribution in [0.25, 0.3) is 0 Å². The van der Waals surface area contributed by atoms with Crippen molar-refractivity contribution in [3.05, 3.63) is 29.8 Å². The van der Waals surface area contributed by atoms with Crippen LogP contribution in [0.1, 0.15) is 25.3 Å². The van der Waals surface area contributed by atoms with Crippen molar-refractivity contribution in [2.45, 2.75) is 26.2 Å². The van der Waals surface area contributed by atoms with Crippen molar-refractivity contribution in [2.24, 2.45) is 5.92 Å². The lowest BCUT2D eigenvalue weighted by molar-refractivity contribution is -0.144. The minimum Gasteiger partial charge on any atom is -0.469 e. The van der Waals surface area contributed by atoms with E-state index in [2.05, 4.69) is 5.32 Å². The van der Waals surface area contributed by atoms with Crippen molar-refractivity contribution in [2.75, 3.05) is 25.5 Å². The fourth-order valence-electron chi connectivity index (χ4n) is 2.48. The summed E-state index contributed by atoms with van der Waals surface area (Å²) in [6.45, 7) is 3.51. The van der Waals surface area contributed by atoms with Crippen LogP contribution in [-0.2, 0) is 16.0 Å². The monoisotopic (exact) mass is 290 g/mol. The van der Waals surface area contributed by atoms with E-state index in [1.54, 1.807) is 0 Å². The first-order chi connectivity index (χ1) is 10.1. The first-order valence-electron chi connectivity index (χ1n) is 7.33. The van der Waals surface area contributed by atoms with Gasteiger partial charge in [0.25, 0.3) is 0 Å². The zero-order valence-corrected chi connectivity index (χ0v) is 12.6. The number of benzene rings is 1. The number of urea groups is 1. The predicted molar refractivity (Wildman–Crippen MR) is 81.2 cm³/mol. The van der Waals surface area contributed by atoms with Gasteiger partial charge in [-0.15, -0.1) is 0 Å². The van der Waals surface area contributed by atoms with Gasteiger partial charge < -0.3 is 15.0 Å². The molecule has 0 saturated carbocycles. The van der Waals surface area contributed by atoms with Gasteiger partial charge in [0.05, 0.1) is 13.0 Å². The van der Waals surface area contributed by atoms with Gasteiger partial charge in [-0.2, -0.15) is 0 Å². The zero-order valence-electron chi connectivity index (χ0n) is 12.6. The number of esters is 1. The Labute approximate surface area is 125 Å². The molecular formula is C16H22N2O3. The lowest BCUT2D eigenvalue weighted by Crippen LogP contribution is -2.32. The second-order valence-electron chi connectivity index (χ2n) is 5.45. The van der Waals surface area contributed by atoms with Crippen LogP contribution in [-0.4, -0.2) is 37.1 Å². The van der Waals surface area contributed by atoms with Gasteiger partial charge in [-0.3, -0.25) is 4.79 Å². The number of methoxy groups -OCH3 is 1. The number of anilines is 1. The minimum atomic E-state index is -0.207. The summed E-state index contributed by atoms with van der Waals surface area (Å²) in [5, 5.41) is 2.89. The molecule has 0 spiro atoms. The molecule has 2 amide bonds. The van der Waals surface area contributed by atoms with Crippen LogP contribution in [0, 0.1) is 5.92 Å². The van der Waals surface area contributed by atoms with Crippen molar-refractivity contribution in [3.63, 3.8) is 0 Å². The maximum absolute atomic E-state index is 12.0. The Bertz CT molecular complexity index is 493. The Morgan fingerprint density at radius 1 is 1.24 bits per heavy atom. The number of rotatable bonds is 4. The van der Waals surface area contributed by atoms with Crippen LogP contribution in [0.2, 0.25) is 0 Å². The van der Waals surface area contributed by atoms with E-state index < -0.39 is 0 Å². The van der Waals surface area contributed by atoms with Gasteiger partial charge in [0.1, 0.15) is 0 Å². The lowest BCUT2D eigenvalue weighted by Gasteiger charge is -2.16. The summed E-state index contributed by atoms with van der Waals surface area (Å²) in [6, 6.07) is 7.56. The Balaban J connectivity index is 1.89. The van der Waals surface area contributed by atoms with E-state index in [1.165, 1.54) is 7.11 Å². The van der Waals surface area contributed by atoms with Crippen molar-refractivity contribution >= 4 is 17.7 Å². The molecule has 1 aliphatic rings. The van der Waals surface area contributed by atoms with E-state index in [4.69, 9.17) is 4.74 Å². The third kappa shape index (κ3) is 4.21. The van der Waals surface area contributed by atoms with E-state index in [9.17, 15) is 9.59 Å². The van der Waals surface area contributed by atoms with Gasteiger partial charge in [-0.05, 0) is 37.0 Å². The third-order valence-corrected chi connectivity index (χ3v) is 3.74. The van der Waals surface area contributed by atoms with E-state index in [-0.39, 0.29) is 17.9 Å².